The smallest absolute Gasteiger partial charge is 0.225 e. The van der Waals surface area contributed by atoms with Crippen molar-refractivity contribution in [3.05, 3.63) is 30.1 Å². The molecule has 0 aromatic carbocycles. The monoisotopic (exact) mass is 433 g/mol. The molecule has 2 saturated heterocycles. The molecule has 30 heavy (non-hydrogen) atoms. The summed E-state index contributed by atoms with van der Waals surface area (Å²) in [5.74, 6) is 1.50. The summed E-state index contributed by atoms with van der Waals surface area (Å²) < 4.78 is 26.4. The number of nitrogens with zero attached hydrogens (tertiary/aromatic N) is 7. The van der Waals surface area contributed by atoms with Crippen LogP contribution in [-0.4, -0.2) is 89.0 Å². The summed E-state index contributed by atoms with van der Waals surface area (Å²) in [4.78, 5) is 16.9. The maximum Gasteiger partial charge on any atom is 0.225 e. The van der Waals surface area contributed by atoms with Gasteiger partial charge in [-0.1, -0.05) is 0 Å². The molecule has 0 aliphatic carbocycles. The Balaban J connectivity index is 1.30. The fraction of sp³-hybridized carbons (Fsp3) is 0.579. The zero-order valence-corrected chi connectivity index (χ0v) is 18.1. The van der Waals surface area contributed by atoms with Crippen molar-refractivity contribution in [3.63, 3.8) is 0 Å². The van der Waals surface area contributed by atoms with Crippen LogP contribution in [0.4, 0.5) is 5.82 Å². The Morgan fingerprint density at radius 3 is 2.13 bits per heavy atom. The summed E-state index contributed by atoms with van der Waals surface area (Å²) in [7, 11) is -3.17. The number of hydrogen-bond acceptors (Lipinski definition) is 7. The van der Waals surface area contributed by atoms with Crippen molar-refractivity contribution in [2.75, 3.05) is 50.4 Å². The van der Waals surface area contributed by atoms with Gasteiger partial charge in [0.2, 0.25) is 15.9 Å². The molecule has 1 amide bonds. The molecule has 0 spiro atoms. The van der Waals surface area contributed by atoms with Gasteiger partial charge in [0.1, 0.15) is 0 Å². The lowest BCUT2D eigenvalue weighted by Crippen LogP contribution is -2.52. The first-order valence-electron chi connectivity index (χ1n) is 10.2. The van der Waals surface area contributed by atoms with Gasteiger partial charge in [0.05, 0.1) is 11.9 Å². The highest BCUT2D eigenvalue weighted by atomic mass is 32.2. The largest absolute Gasteiger partial charge is 0.352 e. The molecule has 2 aliphatic rings. The third-order valence-electron chi connectivity index (χ3n) is 5.78. The van der Waals surface area contributed by atoms with E-state index < -0.39 is 10.0 Å². The summed E-state index contributed by atoms with van der Waals surface area (Å²) in [6.45, 7) is 5.43. The van der Waals surface area contributed by atoms with Crippen LogP contribution in [0.25, 0.3) is 5.82 Å². The molecule has 162 valence electrons. The van der Waals surface area contributed by atoms with Gasteiger partial charge in [-0.2, -0.15) is 5.10 Å². The number of carbonyl (C=O) groups excluding carboxylic acids is 1. The molecule has 0 radical (unpaired) electrons. The molecule has 2 aromatic rings. The van der Waals surface area contributed by atoms with Crippen LogP contribution in [0.5, 0.6) is 0 Å². The van der Waals surface area contributed by atoms with Crippen molar-refractivity contribution >= 4 is 21.7 Å². The fourth-order valence-corrected chi connectivity index (χ4v) is 4.87. The maximum atomic E-state index is 12.9. The Hall–Kier alpha value is -2.53. The second-order valence-corrected chi connectivity index (χ2v) is 9.88. The number of aromatic nitrogens is 4. The molecule has 2 aliphatic heterocycles. The number of rotatable bonds is 4. The number of amides is 1. The highest BCUT2D eigenvalue weighted by Crippen LogP contribution is 2.23. The summed E-state index contributed by atoms with van der Waals surface area (Å²) in [5.41, 5.74) is 0.920. The Labute approximate surface area is 176 Å². The Kier molecular flexibility index (Phi) is 5.74. The fourth-order valence-electron chi connectivity index (χ4n) is 4.00. The van der Waals surface area contributed by atoms with Crippen LogP contribution < -0.4 is 4.90 Å². The van der Waals surface area contributed by atoms with E-state index in [4.69, 9.17) is 0 Å². The number of piperazine rings is 1. The first-order chi connectivity index (χ1) is 14.3. The molecule has 4 rings (SSSR count). The van der Waals surface area contributed by atoms with Crippen molar-refractivity contribution < 1.29 is 13.2 Å². The van der Waals surface area contributed by atoms with Crippen LogP contribution in [0.1, 0.15) is 18.5 Å². The Morgan fingerprint density at radius 1 is 0.967 bits per heavy atom. The predicted octanol–water partition coefficient (Wildman–Crippen LogP) is 0.291. The van der Waals surface area contributed by atoms with Crippen LogP contribution in [-0.2, 0) is 14.8 Å². The topological polar surface area (TPSA) is 105 Å². The SMILES string of the molecule is Cc1ccn(-c2ccc(N3CCN(C(=O)C4CCN(S(C)(=O)=O)CC4)CC3)nn2)n1. The minimum absolute atomic E-state index is 0.0915. The van der Waals surface area contributed by atoms with Gasteiger partial charge in [-0.15, -0.1) is 10.2 Å². The average molecular weight is 434 g/mol. The van der Waals surface area contributed by atoms with Crippen molar-refractivity contribution in [2.45, 2.75) is 19.8 Å². The molecule has 0 saturated carbocycles. The van der Waals surface area contributed by atoms with E-state index in [1.54, 1.807) is 4.68 Å². The van der Waals surface area contributed by atoms with Crippen molar-refractivity contribution in [1.82, 2.24) is 29.2 Å². The van der Waals surface area contributed by atoms with E-state index >= 15 is 0 Å². The van der Waals surface area contributed by atoms with E-state index in [9.17, 15) is 13.2 Å². The van der Waals surface area contributed by atoms with Gasteiger partial charge in [-0.3, -0.25) is 4.79 Å². The lowest BCUT2D eigenvalue weighted by Gasteiger charge is -2.38. The van der Waals surface area contributed by atoms with E-state index in [2.05, 4.69) is 20.2 Å². The second-order valence-electron chi connectivity index (χ2n) is 7.90. The van der Waals surface area contributed by atoms with Crippen LogP contribution >= 0.6 is 0 Å². The molecular weight excluding hydrogens is 406 g/mol. The lowest BCUT2D eigenvalue weighted by molar-refractivity contribution is -0.137. The number of sulfonamides is 1. The van der Waals surface area contributed by atoms with Gasteiger partial charge >= 0.3 is 0 Å². The van der Waals surface area contributed by atoms with Gasteiger partial charge in [-0.05, 0) is 38.0 Å². The first-order valence-corrected chi connectivity index (χ1v) is 12.0. The van der Waals surface area contributed by atoms with Crippen LogP contribution in [0.15, 0.2) is 24.4 Å². The standard InChI is InChI=1S/C19H27N7O3S/c1-15-5-10-26(22-15)18-4-3-17(20-21-18)23-11-13-24(14-12-23)19(27)16-6-8-25(9-7-16)30(2,28)29/h3-5,10,16H,6-9,11-14H2,1-2H3. The summed E-state index contributed by atoms with van der Waals surface area (Å²) >= 11 is 0. The molecule has 0 bridgehead atoms. The molecular formula is C19H27N7O3S. The quantitative estimate of drug-likeness (QED) is 0.682. The van der Waals surface area contributed by atoms with Crippen LogP contribution in [0, 0.1) is 12.8 Å². The minimum Gasteiger partial charge on any atom is -0.352 e. The maximum absolute atomic E-state index is 12.9. The van der Waals surface area contributed by atoms with Crippen LogP contribution in [0.2, 0.25) is 0 Å². The molecule has 10 nitrogen and oxygen atoms in total. The van der Waals surface area contributed by atoms with E-state index in [0.29, 0.717) is 57.9 Å². The lowest BCUT2D eigenvalue weighted by atomic mass is 9.96. The highest BCUT2D eigenvalue weighted by Gasteiger charge is 2.32. The van der Waals surface area contributed by atoms with Crippen molar-refractivity contribution in [1.29, 1.82) is 0 Å². The predicted molar refractivity (Wildman–Crippen MR) is 112 cm³/mol. The van der Waals surface area contributed by atoms with Gasteiger partial charge in [0, 0.05) is 51.4 Å². The van der Waals surface area contributed by atoms with Crippen molar-refractivity contribution in [2.24, 2.45) is 5.92 Å². The third kappa shape index (κ3) is 4.46. The molecule has 4 heterocycles. The highest BCUT2D eigenvalue weighted by molar-refractivity contribution is 7.88. The molecule has 2 fully saturated rings. The van der Waals surface area contributed by atoms with Gasteiger partial charge in [0.25, 0.3) is 0 Å². The summed E-state index contributed by atoms with van der Waals surface area (Å²) in [6.07, 6.45) is 4.25. The van der Waals surface area contributed by atoms with Crippen LogP contribution in [0.3, 0.4) is 0 Å². The van der Waals surface area contributed by atoms with Gasteiger partial charge in [0.15, 0.2) is 11.6 Å². The van der Waals surface area contributed by atoms with E-state index in [-0.39, 0.29) is 11.8 Å². The van der Waals surface area contributed by atoms with E-state index in [0.717, 1.165) is 11.5 Å². The molecule has 0 unspecified atom stereocenters. The summed E-state index contributed by atoms with van der Waals surface area (Å²) in [5, 5.41) is 12.9. The van der Waals surface area contributed by atoms with Gasteiger partial charge < -0.3 is 9.80 Å². The number of carbonyl (C=O) groups is 1. The number of aryl methyl sites for hydroxylation is 1. The Morgan fingerprint density at radius 2 is 1.60 bits per heavy atom. The molecule has 0 N–H and O–H groups in total. The number of piperidine rings is 1. The number of hydrogen-bond donors (Lipinski definition) is 0. The third-order valence-corrected chi connectivity index (χ3v) is 7.08. The molecule has 11 heteroatoms. The molecule has 2 aromatic heterocycles. The average Bonchev–Trinajstić information content (AvgIpc) is 3.19. The van der Waals surface area contributed by atoms with E-state index in [1.165, 1.54) is 10.6 Å². The Bertz CT molecular complexity index is 989. The zero-order valence-electron chi connectivity index (χ0n) is 17.3. The van der Waals surface area contributed by atoms with Crippen molar-refractivity contribution in [3.8, 4) is 5.82 Å². The minimum atomic E-state index is -3.17. The molecule has 0 atom stereocenters. The second kappa shape index (κ2) is 8.31. The van der Waals surface area contributed by atoms with E-state index in [1.807, 2.05) is 36.2 Å². The normalized spacial score (nSPS) is 19.3. The zero-order chi connectivity index (χ0) is 21.3. The summed E-state index contributed by atoms with van der Waals surface area (Å²) in [6, 6.07) is 5.73. The first kappa shape index (κ1) is 20.7. The van der Waals surface area contributed by atoms with Gasteiger partial charge in [-0.25, -0.2) is 17.4 Å². The number of anilines is 1.